The molecule has 8 heteroatoms. The first-order valence-electron chi connectivity index (χ1n) is 6.18. The zero-order valence-corrected chi connectivity index (χ0v) is 13.6. The number of anilines is 2. The molecule has 0 bridgehead atoms. The molecule has 0 aromatic heterocycles. The summed E-state index contributed by atoms with van der Waals surface area (Å²) in [5.41, 5.74) is 6.41. The van der Waals surface area contributed by atoms with Crippen LogP contribution in [0.15, 0.2) is 48.5 Å². The molecule has 0 aliphatic heterocycles. The van der Waals surface area contributed by atoms with Crippen LogP contribution in [0.1, 0.15) is 0 Å². The minimum atomic E-state index is -0.395. The van der Waals surface area contributed by atoms with E-state index in [0.29, 0.717) is 10.1 Å². The lowest BCUT2D eigenvalue weighted by molar-refractivity contribution is 0.632. The molecule has 114 valence electrons. The fourth-order valence-corrected chi connectivity index (χ4v) is 1.98. The molecule has 0 unspecified atom stereocenters. The summed E-state index contributed by atoms with van der Waals surface area (Å²) in [7, 11) is 0. The van der Waals surface area contributed by atoms with Gasteiger partial charge in [0.15, 0.2) is 10.2 Å². The van der Waals surface area contributed by atoms with Gasteiger partial charge in [-0.1, -0.05) is 23.7 Å². The van der Waals surface area contributed by atoms with Gasteiger partial charge in [-0.2, -0.15) is 0 Å². The second-order valence-corrected chi connectivity index (χ2v) is 5.40. The molecule has 4 nitrogen and oxygen atoms in total. The average molecular weight is 355 g/mol. The van der Waals surface area contributed by atoms with Crippen LogP contribution in [-0.4, -0.2) is 10.2 Å². The molecule has 0 saturated heterocycles. The Hall–Kier alpha value is -1.96. The van der Waals surface area contributed by atoms with Gasteiger partial charge in [0, 0.05) is 10.7 Å². The van der Waals surface area contributed by atoms with Gasteiger partial charge in [0.2, 0.25) is 0 Å². The van der Waals surface area contributed by atoms with E-state index in [-0.39, 0.29) is 10.8 Å². The number of rotatable bonds is 2. The Morgan fingerprint density at radius 1 is 0.864 bits per heavy atom. The van der Waals surface area contributed by atoms with E-state index in [4.69, 9.17) is 36.0 Å². The first kappa shape index (κ1) is 16.4. The van der Waals surface area contributed by atoms with Gasteiger partial charge in [0.1, 0.15) is 5.82 Å². The average Bonchev–Trinajstić information content (AvgIpc) is 2.50. The Balaban J connectivity index is 1.79. The van der Waals surface area contributed by atoms with Crippen LogP contribution < -0.4 is 21.5 Å². The molecule has 0 heterocycles. The van der Waals surface area contributed by atoms with E-state index in [9.17, 15) is 4.39 Å². The fourth-order valence-electron chi connectivity index (χ4n) is 1.53. The number of thiocarbonyl (C=S) groups is 2. The van der Waals surface area contributed by atoms with Crippen molar-refractivity contribution in [3.63, 3.8) is 0 Å². The molecular formula is C14H12ClFN4S2. The lowest BCUT2D eigenvalue weighted by atomic mass is 10.3. The van der Waals surface area contributed by atoms with Crippen molar-refractivity contribution in [2.45, 2.75) is 0 Å². The highest BCUT2D eigenvalue weighted by Gasteiger charge is 2.03. The minimum Gasteiger partial charge on any atom is -0.331 e. The summed E-state index contributed by atoms with van der Waals surface area (Å²) in [6.45, 7) is 0. The first-order chi connectivity index (χ1) is 10.5. The van der Waals surface area contributed by atoms with E-state index < -0.39 is 5.82 Å². The molecule has 2 aromatic rings. The van der Waals surface area contributed by atoms with Crippen molar-refractivity contribution >= 4 is 57.6 Å². The standard InChI is InChI=1S/C14H12ClFN4S2/c15-9-5-7-10(8-6-9)17-13(21)19-20-14(22)18-12-4-2-1-3-11(12)16/h1-8H,(H2,17,19,21)(H2,18,20,22). The third-order valence-corrected chi connectivity index (χ3v) is 3.17. The second-order valence-electron chi connectivity index (χ2n) is 4.14. The SMILES string of the molecule is Fc1ccccc1NC(=S)NNC(=S)Nc1ccc(Cl)cc1. The summed E-state index contributed by atoms with van der Waals surface area (Å²) in [6, 6.07) is 13.3. The van der Waals surface area contributed by atoms with Crippen molar-refractivity contribution in [2.24, 2.45) is 0 Å². The normalized spacial score (nSPS) is 9.73. The highest BCUT2D eigenvalue weighted by atomic mass is 35.5. The summed E-state index contributed by atoms with van der Waals surface area (Å²) in [5.74, 6) is -0.395. The van der Waals surface area contributed by atoms with Crippen molar-refractivity contribution in [3.05, 3.63) is 59.4 Å². The van der Waals surface area contributed by atoms with Gasteiger partial charge in [-0.15, -0.1) is 0 Å². The zero-order chi connectivity index (χ0) is 15.9. The van der Waals surface area contributed by atoms with E-state index in [0.717, 1.165) is 5.69 Å². The van der Waals surface area contributed by atoms with Crippen molar-refractivity contribution < 1.29 is 4.39 Å². The van der Waals surface area contributed by atoms with Crippen LogP contribution >= 0.6 is 36.0 Å². The van der Waals surface area contributed by atoms with Crippen molar-refractivity contribution in [1.82, 2.24) is 10.9 Å². The topological polar surface area (TPSA) is 48.1 Å². The molecule has 0 aliphatic rings. The Morgan fingerprint density at radius 3 is 2.09 bits per heavy atom. The second kappa shape index (κ2) is 7.88. The molecule has 0 aliphatic carbocycles. The first-order valence-corrected chi connectivity index (χ1v) is 7.38. The van der Waals surface area contributed by atoms with Gasteiger partial charge in [-0.25, -0.2) is 4.39 Å². The largest absolute Gasteiger partial charge is 0.331 e. The monoisotopic (exact) mass is 354 g/mol. The summed E-state index contributed by atoms with van der Waals surface area (Å²) in [6.07, 6.45) is 0. The molecular weight excluding hydrogens is 343 g/mol. The number of hydrogen-bond donors (Lipinski definition) is 4. The fraction of sp³-hybridized carbons (Fsp3) is 0. The highest BCUT2D eigenvalue weighted by molar-refractivity contribution is 7.81. The van der Waals surface area contributed by atoms with Crippen molar-refractivity contribution in [1.29, 1.82) is 0 Å². The summed E-state index contributed by atoms with van der Waals surface area (Å²) in [4.78, 5) is 0. The molecule has 0 fully saturated rings. The van der Waals surface area contributed by atoms with Crippen LogP contribution in [0.5, 0.6) is 0 Å². The van der Waals surface area contributed by atoms with Gasteiger partial charge < -0.3 is 10.6 Å². The lowest BCUT2D eigenvalue weighted by Gasteiger charge is -2.14. The van der Waals surface area contributed by atoms with Crippen LogP contribution in [0.3, 0.4) is 0 Å². The summed E-state index contributed by atoms with van der Waals surface area (Å²) < 4.78 is 13.4. The van der Waals surface area contributed by atoms with Crippen molar-refractivity contribution in [2.75, 3.05) is 10.6 Å². The van der Waals surface area contributed by atoms with Crippen LogP contribution in [0.4, 0.5) is 15.8 Å². The van der Waals surface area contributed by atoms with Gasteiger partial charge in [-0.3, -0.25) is 10.9 Å². The quantitative estimate of drug-likeness (QED) is 0.487. The van der Waals surface area contributed by atoms with E-state index in [1.165, 1.54) is 6.07 Å². The maximum Gasteiger partial charge on any atom is 0.189 e. The van der Waals surface area contributed by atoms with E-state index >= 15 is 0 Å². The van der Waals surface area contributed by atoms with Gasteiger partial charge in [-0.05, 0) is 60.8 Å². The van der Waals surface area contributed by atoms with Crippen LogP contribution in [0.25, 0.3) is 0 Å². The van der Waals surface area contributed by atoms with Crippen molar-refractivity contribution in [3.8, 4) is 0 Å². The number of benzene rings is 2. The minimum absolute atomic E-state index is 0.186. The van der Waals surface area contributed by atoms with E-state index in [2.05, 4.69) is 21.5 Å². The number of para-hydroxylation sites is 1. The molecule has 4 N–H and O–H groups in total. The predicted octanol–water partition coefficient (Wildman–Crippen LogP) is 3.67. The third-order valence-electron chi connectivity index (χ3n) is 2.51. The Morgan fingerprint density at radius 2 is 1.45 bits per heavy atom. The number of hydrogen-bond acceptors (Lipinski definition) is 2. The molecule has 0 radical (unpaired) electrons. The van der Waals surface area contributed by atoms with Gasteiger partial charge in [0.25, 0.3) is 0 Å². The summed E-state index contributed by atoms with van der Waals surface area (Å²) in [5, 5.41) is 6.78. The number of hydrazine groups is 1. The van der Waals surface area contributed by atoms with Crippen LogP contribution in [0, 0.1) is 5.82 Å². The van der Waals surface area contributed by atoms with E-state index in [1.807, 2.05) is 0 Å². The maximum absolute atomic E-state index is 13.4. The third kappa shape index (κ3) is 5.10. The number of halogens is 2. The van der Waals surface area contributed by atoms with Gasteiger partial charge in [0.05, 0.1) is 5.69 Å². The highest BCUT2D eigenvalue weighted by Crippen LogP contribution is 2.13. The van der Waals surface area contributed by atoms with E-state index in [1.54, 1.807) is 42.5 Å². The Bertz CT molecular complexity index is 679. The molecule has 2 rings (SSSR count). The van der Waals surface area contributed by atoms with Crippen LogP contribution in [0.2, 0.25) is 5.02 Å². The zero-order valence-electron chi connectivity index (χ0n) is 11.2. The van der Waals surface area contributed by atoms with Gasteiger partial charge >= 0.3 is 0 Å². The predicted molar refractivity (Wildman–Crippen MR) is 96.6 cm³/mol. The molecule has 2 aromatic carbocycles. The molecule has 22 heavy (non-hydrogen) atoms. The molecule has 0 spiro atoms. The summed E-state index contributed by atoms with van der Waals surface area (Å²) >= 11 is 15.9. The number of nitrogens with one attached hydrogen (secondary N) is 4. The Labute approximate surface area is 143 Å². The lowest BCUT2D eigenvalue weighted by Crippen LogP contribution is -2.45. The smallest absolute Gasteiger partial charge is 0.189 e. The maximum atomic E-state index is 13.4. The Kier molecular flexibility index (Phi) is 5.88. The van der Waals surface area contributed by atoms with Crippen LogP contribution in [-0.2, 0) is 0 Å². The molecule has 0 atom stereocenters. The molecule has 0 saturated carbocycles. The molecule has 0 amide bonds.